The van der Waals surface area contributed by atoms with E-state index in [0.29, 0.717) is 12.2 Å². The molecule has 6 atom stereocenters. The third-order valence-electron chi connectivity index (χ3n) is 5.11. The summed E-state index contributed by atoms with van der Waals surface area (Å²) in [6.07, 6.45) is 1.59. The molecule has 0 spiro atoms. The smallest absolute Gasteiger partial charge is 0.334 e. The van der Waals surface area contributed by atoms with Crippen molar-refractivity contribution in [1.82, 2.24) is 0 Å². The van der Waals surface area contributed by atoms with Crippen molar-refractivity contribution in [3.05, 3.63) is 12.2 Å². The maximum absolute atomic E-state index is 11.7. The average molecular weight is 310 g/mol. The van der Waals surface area contributed by atoms with Gasteiger partial charge in [-0.05, 0) is 37.0 Å². The van der Waals surface area contributed by atoms with E-state index < -0.39 is 6.10 Å². The normalized spacial score (nSPS) is 35.7. The first-order valence-electron chi connectivity index (χ1n) is 8.04. The van der Waals surface area contributed by atoms with Gasteiger partial charge < -0.3 is 14.6 Å². The van der Waals surface area contributed by atoms with Crippen LogP contribution >= 0.6 is 0 Å². The van der Waals surface area contributed by atoms with Gasteiger partial charge in [-0.2, -0.15) is 0 Å². The van der Waals surface area contributed by atoms with Crippen molar-refractivity contribution < 1.29 is 24.2 Å². The van der Waals surface area contributed by atoms with Crippen LogP contribution in [0.5, 0.6) is 0 Å². The Labute approximate surface area is 131 Å². The molecule has 0 aromatic carbocycles. The molecule has 5 heteroatoms. The number of fused-ring (bicyclic) bond motifs is 1. The number of hydrogen-bond donors (Lipinski definition) is 1. The Hall–Kier alpha value is -1.36. The van der Waals surface area contributed by atoms with Crippen molar-refractivity contribution in [3.63, 3.8) is 0 Å². The average Bonchev–Trinajstić information content (AvgIpc) is 2.69. The molecule has 1 saturated heterocycles. The number of ether oxygens (including phenoxy) is 2. The lowest BCUT2D eigenvalue weighted by molar-refractivity contribution is -0.144. The molecule has 1 N–H and O–H groups in total. The first kappa shape index (κ1) is 17.0. The SMILES string of the molecule is C=C1C(=O)O[C@@H]2CC(C)C([C@@H](C)CCCOC(C)=O)[C@@H](O)[C@H]12. The zero-order valence-corrected chi connectivity index (χ0v) is 13.6. The van der Waals surface area contributed by atoms with Gasteiger partial charge in [0.25, 0.3) is 0 Å². The molecule has 0 bridgehead atoms. The summed E-state index contributed by atoms with van der Waals surface area (Å²) in [7, 11) is 0. The molecule has 124 valence electrons. The van der Waals surface area contributed by atoms with Crippen LogP contribution in [0.15, 0.2) is 12.2 Å². The van der Waals surface area contributed by atoms with E-state index in [-0.39, 0.29) is 41.7 Å². The van der Waals surface area contributed by atoms with Crippen LogP contribution in [0, 0.1) is 23.7 Å². The lowest BCUT2D eigenvalue weighted by Gasteiger charge is -2.42. The maximum Gasteiger partial charge on any atom is 0.334 e. The van der Waals surface area contributed by atoms with E-state index in [4.69, 9.17) is 9.47 Å². The summed E-state index contributed by atoms with van der Waals surface area (Å²) in [5, 5.41) is 10.7. The number of esters is 2. The molecule has 2 aliphatic rings. The minimum Gasteiger partial charge on any atom is -0.466 e. The number of aliphatic hydroxyl groups is 1. The predicted molar refractivity (Wildman–Crippen MR) is 80.8 cm³/mol. The zero-order valence-electron chi connectivity index (χ0n) is 13.6. The molecule has 0 aromatic heterocycles. The van der Waals surface area contributed by atoms with Crippen LogP contribution in [-0.4, -0.2) is 35.9 Å². The summed E-state index contributed by atoms with van der Waals surface area (Å²) in [6.45, 7) is 9.82. The van der Waals surface area contributed by atoms with Crippen LogP contribution in [0.25, 0.3) is 0 Å². The summed E-state index contributed by atoms with van der Waals surface area (Å²) in [6, 6.07) is 0. The standard InChI is InChI=1S/C17H26O5/c1-9(6-5-7-21-12(4)18)14-10(2)8-13-15(16(14)19)11(3)17(20)22-13/h9-10,13-16,19H,3,5-8H2,1-2,4H3/t9-,10?,13+,14?,15+,16+/m0/s1. The number of hydrogen-bond acceptors (Lipinski definition) is 5. The van der Waals surface area contributed by atoms with E-state index in [9.17, 15) is 14.7 Å². The Kier molecular flexibility index (Phi) is 5.27. The van der Waals surface area contributed by atoms with Crippen molar-refractivity contribution in [2.45, 2.75) is 52.2 Å². The van der Waals surface area contributed by atoms with Crippen molar-refractivity contribution in [3.8, 4) is 0 Å². The van der Waals surface area contributed by atoms with E-state index in [0.717, 1.165) is 19.3 Å². The summed E-state index contributed by atoms with van der Waals surface area (Å²) < 4.78 is 10.3. The van der Waals surface area contributed by atoms with Crippen LogP contribution in [-0.2, 0) is 19.1 Å². The van der Waals surface area contributed by atoms with Crippen LogP contribution < -0.4 is 0 Å². The topological polar surface area (TPSA) is 72.8 Å². The fourth-order valence-corrected chi connectivity index (χ4v) is 4.08. The van der Waals surface area contributed by atoms with Crippen molar-refractivity contribution in [1.29, 1.82) is 0 Å². The third kappa shape index (κ3) is 3.35. The predicted octanol–water partition coefficient (Wildman–Crippen LogP) is 2.08. The highest BCUT2D eigenvalue weighted by atomic mass is 16.6. The second-order valence-corrected chi connectivity index (χ2v) is 6.74. The number of aliphatic hydroxyl groups excluding tert-OH is 1. The Bertz CT molecular complexity index is 458. The number of rotatable bonds is 5. The molecule has 2 rings (SSSR count). The van der Waals surface area contributed by atoms with E-state index in [1.54, 1.807) is 0 Å². The number of carbonyl (C=O) groups is 2. The first-order chi connectivity index (χ1) is 10.3. The monoisotopic (exact) mass is 310 g/mol. The summed E-state index contributed by atoms with van der Waals surface area (Å²) >= 11 is 0. The summed E-state index contributed by atoms with van der Waals surface area (Å²) in [5.41, 5.74) is 0.404. The lowest BCUT2D eigenvalue weighted by atomic mass is 9.65. The molecule has 2 unspecified atom stereocenters. The van der Waals surface area contributed by atoms with Crippen molar-refractivity contribution in [2.24, 2.45) is 23.7 Å². The van der Waals surface area contributed by atoms with Crippen LogP contribution in [0.3, 0.4) is 0 Å². The molecule has 1 aliphatic heterocycles. The van der Waals surface area contributed by atoms with E-state index in [2.05, 4.69) is 20.4 Å². The maximum atomic E-state index is 11.7. The highest BCUT2D eigenvalue weighted by molar-refractivity contribution is 5.91. The van der Waals surface area contributed by atoms with Gasteiger partial charge in [0, 0.05) is 12.5 Å². The quantitative estimate of drug-likeness (QED) is 0.478. The summed E-state index contributed by atoms with van der Waals surface area (Å²) in [5.74, 6) is -0.248. The van der Waals surface area contributed by atoms with Gasteiger partial charge >= 0.3 is 11.9 Å². The Morgan fingerprint density at radius 3 is 2.86 bits per heavy atom. The molecular weight excluding hydrogens is 284 g/mol. The van der Waals surface area contributed by atoms with E-state index in [1.807, 2.05) is 0 Å². The van der Waals surface area contributed by atoms with Gasteiger partial charge in [-0.25, -0.2) is 4.79 Å². The molecule has 0 aromatic rings. The molecular formula is C17H26O5. The molecule has 22 heavy (non-hydrogen) atoms. The van der Waals surface area contributed by atoms with Gasteiger partial charge in [0.1, 0.15) is 6.10 Å². The molecule has 1 saturated carbocycles. The largest absolute Gasteiger partial charge is 0.466 e. The summed E-state index contributed by atoms with van der Waals surface area (Å²) in [4.78, 5) is 22.4. The highest BCUT2D eigenvalue weighted by Crippen LogP contribution is 2.46. The Morgan fingerprint density at radius 1 is 1.55 bits per heavy atom. The lowest BCUT2D eigenvalue weighted by Crippen LogP contribution is -2.47. The van der Waals surface area contributed by atoms with Crippen molar-refractivity contribution >= 4 is 11.9 Å². The van der Waals surface area contributed by atoms with Gasteiger partial charge in [0.2, 0.25) is 0 Å². The highest BCUT2D eigenvalue weighted by Gasteiger charge is 2.51. The second kappa shape index (κ2) is 6.82. The molecule has 5 nitrogen and oxygen atoms in total. The fraction of sp³-hybridized carbons (Fsp3) is 0.765. The van der Waals surface area contributed by atoms with Gasteiger partial charge in [-0.3, -0.25) is 4.79 Å². The first-order valence-corrected chi connectivity index (χ1v) is 8.04. The fourth-order valence-electron chi connectivity index (χ4n) is 4.08. The minimum atomic E-state index is -0.601. The molecule has 0 radical (unpaired) electrons. The Morgan fingerprint density at radius 2 is 2.23 bits per heavy atom. The van der Waals surface area contributed by atoms with Gasteiger partial charge in [0.05, 0.1) is 18.6 Å². The van der Waals surface area contributed by atoms with Gasteiger partial charge in [-0.1, -0.05) is 20.4 Å². The molecule has 1 aliphatic carbocycles. The zero-order chi connectivity index (χ0) is 16.4. The van der Waals surface area contributed by atoms with E-state index >= 15 is 0 Å². The minimum absolute atomic E-state index is 0.102. The second-order valence-electron chi connectivity index (χ2n) is 6.74. The Balaban J connectivity index is 1.96. The molecule has 2 fully saturated rings. The molecule has 0 amide bonds. The third-order valence-corrected chi connectivity index (χ3v) is 5.11. The number of carbonyl (C=O) groups excluding carboxylic acids is 2. The van der Waals surface area contributed by atoms with Crippen molar-refractivity contribution in [2.75, 3.05) is 6.61 Å². The molecule has 1 heterocycles. The van der Waals surface area contributed by atoms with Crippen LogP contribution in [0.4, 0.5) is 0 Å². The van der Waals surface area contributed by atoms with Crippen LogP contribution in [0.2, 0.25) is 0 Å². The van der Waals surface area contributed by atoms with E-state index in [1.165, 1.54) is 6.92 Å². The van der Waals surface area contributed by atoms with Crippen LogP contribution in [0.1, 0.15) is 40.0 Å². The van der Waals surface area contributed by atoms with Gasteiger partial charge in [-0.15, -0.1) is 0 Å². The van der Waals surface area contributed by atoms with Gasteiger partial charge in [0.15, 0.2) is 0 Å².